The number of hydrogen-bond acceptors (Lipinski definition) is 7. The van der Waals surface area contributed by atoms with Crippen LogP contribution in [-0.4, -0.2) is 26.5 Å². The van der Waals surface area contributed by atoms with Crippen LogP contribution in [0, 0.1) is 18.3 Å². The number of rotatable bonds is 7. The van der Waals surface area contributed by atoms with E-state index in [2.05, 4.69) is 15.0 Å². The average Bonchev–Trinajstić information content (AvgIpc) is 2.92. The fourth-order valence-corrected chi connectivity index (χ4v) is 3.59. The number of carbonyl (C=O) groups excluding carboxylic acids is 1. The number of carbonyl (C=O) groups is 1. The minimum Gasteiger partial charge on any atom is -0.301 e. The van der Waals surface area contributed by atoms with Crippen molar-refractivity contribution in [3.63, 3.8) is 0 Å². The third-order valence-electron chi connectivity index (χ3n) is 2.97. The molecule has 2 rings (SSSR count). The Morgan fingerprint density at radius 3 is 2.91 bits per heavy atom. The average molecular weight is 348 g/mol. The molecule has 0 aromatic carbocycles. The minimum absolute atomic E-state index is 0.0649. The van der Waals surface area contributed by atoms with Crippen molar-refractivity contribution in [1.82, 2.24) is 15.0 Å². The lowest BCUT2D eigenvalue weighted by atomic mass is 10.1. The number of thiazole rings is 1. The molecule has 0 spiro atoms. The molecule has 6 nitrogen and oxygen atoms in total. The molecule has 120 valence electrons. The normalized spacial score (nSPS) is 11.9. The number of thioether (sulfide) groups is 1. The lowest BCUT2D eigenvalue weighted by Crippen LogP contribution is -2.15. The molecule has 8 heteroatoms. The molecule has 2 aromatic heterocycles. The number of hydrogen-bond donors (Lipinski definition) is 1. The van der Waals surface area contributed by atoms with Crippen molar-refractivity contribution in [1.29, 1.82) is 5.26 Å². The van der Waals surface area contributed by atoms with E-state index in [-0.39, 0.29) is 17.1 Å². The van der Waals surface area contributed by atoms with E-state index in [0.717, 1.165) is 23.9 Å². The predicted molar refractivity (Wildman–Crippen MR) is 89.8 cm³/mol. The molecule has 0 fully saturated rings. The molecule has 2 aromatic rings. The van der Waals surface area contributed by atoms with Gasteiger partial charge in [-0.25, -0.2) is 9.97 Å². The summed E-state index contributed by atoms with van der Waals surface area (Å²) in [6, 6.07) is 3.47. The topological polar surface area (TPSA) is 99.5 Å². The van der Waals surface area contributed by atoms with E-state index in [9.17, 15) is 14.9 Å². The van der Waals surface area contributed by atoms with Crippen molar-refractivity contribution in [2.45, 2.75) is 37.8 Å². The van der Waals surface area contributed by atoms with Gasteiger partial charge in [0.25, 0.3) is 5.56 Å². The summed E-state index contributed by atoms with van der Waals surface area (Å²) < 4.78 is 0. The highest BCUT2D eigenvalue weighted by Gasteiger charge is 2.23. The Balaban J connectivity index is 2.06. The Kier molecular flexibility index (Phi) is 6.07. The van der Waals surface area contributed by atoms with Crippen LogP contribution in [0.2, 0.25) is 0 Å². The van der Waals surface area contributed by atoms with Crippen molar-refractivity contribution in [3.8, 4) is 6.07 Å². The van der Waals surface area contributed by atoms with Gasteiger partial charge >= 0.3 is 0 Å². The Morgan fingerprint density at radius 2 is 2.30 bits per heavy atom. The summed E-state index contributed by atoms with van der Waals surface area (Å²) in [6.45, 7) is 3.83. The van der Waals surface area contributed by atoms with E-state index < -0.39 is 5.92 Å². The van der Waals surface area contributed by atoms with Gasteiger partial charge in [-0.05, 0) is 13.3 Å². The maximum atomic E-state index is 12.3. The molecule has 0 saturated heterocycles. The van der Waals surface area contributed by atoms with Crippen molar-refractivity contribution >= 4 is 28.9 Å². The van der Waals surface area contributed by atoms with Crippen LogP contribution in [0.4, 0.5) is 0 Å². The number of nitriles is 1. The second-order valence-corrected chi connectivity index (χ2v) is 6.79. The summed E-state index contributed by atoms with van der Waals surface area (Å²) in [6.07, 6.45) is 1.60. The van der Waals surface area contributed by atoms with Gasteiger partial charge in [-0.3, -0.25) is 9.59 Å². The predicted octanol–water partition coefficient (Wildman–Crippen LogP) is 2.46. The molecule has 2 heterocycles. The van der Waals surface area contributed by atoms with Gasteiger partial charge in [0, 0.05) is 22.8 Å². The molecule has 23 heavy (non-hydrogen) atoms. The van der Waals surface area contributed by atoms with E-state index >= 15 is 0 Å². The molecule has 1 N–H and O–H groups in total. The Bertz CT molecular complexity index is 791. The van der Waals surface area contributed by atoms with Crippen LogP contribution in [0.3, 0.4) is 0 Å². The standard InChI is InChI=1S/C15H16N4O2S2/c1-3-4-10-5-13(21)19-15(18-10)23-8-12(20)11(6-16)14-17-9(2)7-22-14/h5,7,11H,3-4,8H2,1-2H3,(H,18,19,21)/t11-/m0/s1. The third kappa shape index (κ3) is 4.74. The van der Waals surface area contributed by atoms with E-state index in [1.54, 1.807) is 0 Å². The quantitative estimate of drug-likeness (QED) is 0.609. The zero-order valence-electron chi connectivity index (χ0n) is 12.8. The first kappa shape index (κ1) is 17.4. The maximum Gasteiger partial charge on any atom is 0.251 e. The number of aromatic nitrogens is 3. The third-order valence-corrected chi connectivity index (χ3v) is 4.89. The fourth-order valence-electron chi connectivity index (χ4n) is 1.93. The second kappa shape index (κ2) is 8.04. The Labute approximate surface area is 142 Å². The largest absolute Gasteiger partial charge is 0.301 e. The molecule has 0 saturated carbocycles. The number of aryl methyl sites for hydroxylation is 2. The van der Waals surface area contributed by atoms with E-state index in [1.807, 2.05) is 25.3 Å². The van der Waals surface area contributed by atoms with Crippen LogP contribution in [0.15, 0.2) is 21.4 Å². The highest BCUT2D eigenvalue weighted by atomic mass is 32.2. The summed E-state index contributed by atoms with van der Waals surface area (Å²) in [7, 11) is 0. The van der Waals surface area contributed by atoms with Crippen LogP contribution in [-0.2, 0) is 11.2 Å². The van der Waals surface area contributed by atoms with Crippen molar-refractivity contribution in [2.24, 2.45) is 0 Å². The van der Waals surface area contributed by atoms with Crippen LogP contribution >= 0.6 is 23.1 Å². The lowest BCUT2D eigenvalue weighted by molar-refractivity contribution is -0.116. The molecular weight excluding hydrogens is 332 g/mol. The first-order valence-electron chi connectivity index (χ1n) is 7.11. The number of ketones is 1. The van der Waals surface area contributed by atoms with E-state index in [0.29, 0.717) is 22.3 Å². The van der Waals surface area contributed by atoms with Crippen LogP contribution in [0.1, 0.15) is 35.7 Å². The molecule has 0 unspecified atom stereocenters. The first-order valence-corrected chi connectivity index (χ1v) is 8.97. The van der Waals surface area contributed by atoms with Gasteiger partial charge in [0.15, 0.2) is 16.9 Å². The van der Waals surface area contributed by atoms with Gasteiger partial charge in [0.2, 0.25) is 0 Å². The zero-order chi connectivity index (χ0) is 16.8. The summed E-state index contributed by atoms with van der Waals surface area (Å²) in [5.74, 6) is -1.04. The molecule has 0 aliphatic carbocycles. The van der Waals surface area contributed by atoms with Crippen molar-refractivity contribution in [3.05, 3.63) is 38.2 Å². The summed E-state index contributed by atoms with van der Waals surface area (Å²) in [5, 5.41) is 12.0. The van der Waals surface area contributed by atoms with Crippen LogP contribution < -0.4 is 5.56 Å². The first-order chi connectivity index (χ1) is 11.0. The minimum atomic E-state index is -0.869. The number of nitrogens with one attached hydrogen (secondary N) is 1. The monoisotopic (exact) mass is 348 g/mol. The zero-order valence-corrected chi connectivity index (χ0v) is 14.5. The van der Waals surface area contributed by atoms with E-state index in [4.69, 9.17) is 0 Å². The fraction of sp³-hybridized carbons (Fsp3) is 0.400. The lowest BCUT2D eigenvalue weighted by Gasteiger charge is -2.05. The van der Waals surface area contributed by atoms with Crippen molar-refractivity contribution in [2.75, 3.05) is 5.75 Å². The van der Waals surface area contributed by atoms with Gasteiger partial charge in [-0.15, -0.1) is 11.3 Å². The molecule has 0 aliphatic heterocycles. The van der Waals surface area contributed by atoms with Gasteiger partial charge < -0.3 is 4.98 Å². The van der Waals surface area contributed by atoms with Gasteiger partial charge in [-0.1, -0.05) is 25.1 Å². The number of aromatic amines is 1. The van der Waals surface area contributed by atoms with Gasteiger partial charge in [-0.2, -0.15) is 5.26 Å². The number of nitrogens with zero attached hydrogens (tertiary/aromatic N) is 3. The molecule has 0 aliphatic rings. The number of H-pyrrole nitrogens is 1. The van der Waals surface area contributed by atoms with Crippen molar-refractivity contribution < 1.29 is 4.79 Å². The SMILES string of the molecule is CCCc1cc(=O)[nH]c(SCC(=O)[C@H](C#N)c2nc(C)cs2)n1. The smallest absolute Gasteiger partial charge is 0.251 e. The highest BCUT2D eigenvalue weighted by molar-refractivity contribution is 7.99. The molecule has 0 bridgehead atoms. The number of Topliss-reactive ketones (excluding diaryl/α,β-unsaturated/α-hetero) is 1. The summed E-state index contributed by atoms with van der Waals surface area (Å²) >= 11 is 2.44. The van der Waals surface area contributed by atoms with Crippen LogP contribution in [0.5, 0.6) is 0 Å². The van der Waals surface area contributed by atoms with Crippen LogP contribution in [0.25, 0.3) is 0 Å². The maximum absolute atomic E-state index is 12.3. The van der Waals surface area contributed by atoms with E-state index in [1.165, 1.54) is 17.4 Å². The Morgan fingerprint density at radius 1 is 1.52 bits per heavy atom. The highest BCUT2D eigenvalue weighted by Crippen LogP contribution is 2.23. The van der Waals surface area contributed by atoms with Gasteiger partial charge in [0.05, 0.1) is 11.8 Å². The van der Waals surface area contributed by atoms with Gasteiger partial charge in [0.1, 0.15) is 5.01 Å². The summed E-state index contributed by atoms with van der Waals surface area (Å²) in [5.41, 5.74) is 1.27. The molecule has 0 amide bonds. The second-order valence-electron chi connectivity index (χ2n) is 4.94. The molecule has 1 atom stereocenters. The molecule has 0 radical (unpaired) electrons. The Hall–Kier alpha value is -1.98. The summed E-state index contributed by atoms with van der Waals surface area (Å²) in [4.78, 5) is 35.0. The molecular formula is C15H16N4O2S2.